The lowest BCUT2D eigenvalue weighted by molar-refractivity contribution is -0.268. The maximum absolute atomic E-state index is 14.0. The summed E-state index contributed by atoms with van der Waals surface area (Å²) in [5.74, 6) is -13.7. The SMILES string of the molecule is C[C@H]1[C@@H](CSc2ncccc2C(=O)O)O[C@@H](c2ccc(CNC(=O)c3c(F)c(F)c(F)c(F)c3F)cc2)O[C@H]1c1ccc(CO)cc1. The molecule has 8 nitrogen and oxygen atoms in total. The standard InChI is InChI=1S/C33H27F5N2O6S/c1-16-22(15-47-31-21(32(43)44)3-2-12-39-31)45-33(46-29(16)19-8-6-18(14-41)7-9-19)20-10-4-17(5-11-20)13-40-30(42)23-24(34)26(36)28(38)27(37)25(23)35/h2-12,16,22,29,33,41H,13-15H2,1H3,(H,40,42)(H,43,44)/t16-,22+,29+,33+/m0/s1. The molecular formula is C33H27F5N2O6S. The van der Waals surface area contributed by atoms with Crippen molar-refractivity contribution in [3.63, 3.8) is 0 Å². The third kappa shape index (κ3) is 7.30. The molecule has 14 heteroatoms. The van der Waals surface area contributed by atoms with E-state index in [0.717, 1.165) is 11.1 Å². The molecule has 1 amide bonds. The molecule has 0 bridgehead atoms. The van der Waals surface area contributed by atoms with Crippen LogP contribution in [0.3, 0.4) is 0 Å². The number of thioether (sulfide) groups is 1. The molecule has 47 heavy (non-hydrogen) atoms. The van der Waals surface area contributed by atoms with Crippen molar-refractivity contribution in [2.24, 2.45) is 5.92 Å². The molecule has 3 aromatic carbocycles. The van der Waals surface area contributed by atoms with Crippen LogP contribution in [0.5, 0.6) is 0 Å². The van der Waals surface area contributed by atoms with Crippen molar-refractivity contribution in [2.45, 2.75) is 43.6 Å². The first-order chi connectivity index (χ1) is 22.5. The zero-order valence-corrected chi connectivity index (χ0v) is 25.4. The number of benzene rings is 3. The topological polar surface area (TPSA) is 118 Å². The lowest BCUT2D eigenvalue weighted by Crippen LogP contribution is -2.38. The maximum atomic E-state index is 14.0. The van der Waals surface area contributed by atoms with E-state index in [2.05, 4.69) is 10.3 Å². The number of aliphatic hydroxyl groups is 1. The first-order valence-electron chi connectivity index (χ1n) is 14.2. The summed E-state index contributed by atoms with van der Waals surface area (Å²) < 4.78 is 81.3. The molecule has 1 aliphatic heterocycles. The van der Waals surface area contributed by atoms with Gasteiger partial charge in [0.2, 0.25) is 5.82 Å². The van der Waals surface area contributed by atoms with Gasteiger partial charge < -0.3 is 25.0 Å². The van der Waals surface area contributed by atoms with E-state index in [1.54, 1.807) is 36.4 Å². The molecule has 4 atom stereocenters. The molecule has 2 heterocycles. The summed E-state index contributed by atoms with van der Waals surface area (Å²) in [6.07, 6.45) is -0.288. The number of carboxylic acids is 1. The molecule has 0 aliphatic carbocycles. The smallest absolute Gasteiger partial charge is 0.338 e. The summed E-state index contributed by atoms with van der Waals surface area (Å²) in [5.41, 5.74) is 1.04. The van der Waals surface area contributed by atoms with Crippen LogP contribution in [0.4, 0.5) is 22.0 Å². The minimum Gasteiger partial charge on any atom is -0.478 e. The lowest BCUT2D eigenvalue weighted by atomic mass is 9.91. The number of carbonyl (C=O) groups is 2. The number of ether oxygens (including phenoxy) is 2. The van der Waals surface area contributed by atoms with Crippen molar-refractivity contribution in [2.75, 3.05) is 5.75 Å². The average molecular weight is 675 g/mol. The van der Waals surface area contributed by atoms with Gasteiger partial charge in [-0.25, -0.2) is 31.7 Å². The molecule has 0 spiro atoms. The van der Waals surface area contributed by atoms with Crippen molar-refractivity contribution in [1.82, 2.24) is 10.3 Å². The van der Waals surface area contributed by atoms with Crippen LogP contribution in [0.2, 0.25) is 0 Å². The summed E-state index contributed by atoms with van der Waals surface area (Å²) in [6.45, 7) is 1.52. The summed E-state index contributed by atoms with van der Waals surface area (Å²) in [6, 6.07) is 16.7. The Hall–Kier alpha value is -4.37. The van der Waals surface area contributed by atoms with Crippen molar-refractivity contribution >= 4 is 23.6 Å². The van der Waals surface area contributed by atoms with Crippen molar-refractivity contribution in [3.8, 4) is 0 Å². The highest BCUT2D eigenvalue weighted by atomic mass is 32.2. The number of pyridine rings is 1. The number of aliphatic hydroxyl groups excluding tert-OH is 1. The number of aromatic carboxylic acids is 1. The highest BCUT2D eigenvalue weighted by molar-refractivity contribution is 7.99. The minimum absolute atomic E-state index is 0.0627. The van der Waals surface area contributed by atoms with Crippen LogP contribution < -0.4 is 5.32 Å². The van der Waals surface area contributed by atoms with E-state index >= 15 is 0 Å². The molecule has 1 fully saturated rings. The summed E-state index contributed by atoms with van der Waals surface area (Å²) in [7, 11) is 0. The van der Waals surface area contributed by atoms with E-state index in [9.17, 15) is 41.8 Å². The second-order valence-corrected chi connectivity index (χ2v) is 11.7. The quantitative estimate of drug-likeness (QED) is 0.0758. The van der Waals surface area contributed by atoms with Crippen molar-refractivity contribution in [1.29, 1.82) is 0 Å². The number of carboxylic acid groups (broad SMARTS) is 1. The van der Waals surface area contributed by atoms with E-state index in [4.69, 9.17) is 9.47 Å². The van der Waals surface area contributed by atoms with Gasteiger partial charge in [0.1, 0.15) is 10.6 Å². The van der Waals surface area contributed by atoms with Crippen LogP contribution in [-0.2, 0) is 22.6 Å². The summed E-state index contributed by atoms with van der Waals surface area (Å²) in [4.78, 5) is 28.3. The Morgan fingerprint density at radius 3 is 2.06 bits per heavy atom. The van der Waals surface area contributed by atoms with E-state index in [1.165, 1.54) is 30.1 Å². The lowest BCUT2D eigenvalue weighted by Gasteiger charge is -2.41. The monoisotopic (exact) mass is 674 g/mol. The highest BCUT2D eigenvalue weighted by Gasteiger charge is 2.38. The van der Waals surface area contributed by atoms with Crippen LogP contribution >= 0.6 is 11.8 Å². The minimum atomic E-state index is -2.36. The predicted molar refractivity (Wildman–Crippen MR) is 159 cm³/mol. The Bertz CT molecular complexity index is 1750. The number of rotatable bonds is 10. The molecule has 3 N–H and O–H groups in total. The fourth-order valence-corrected chi connectivity index (χ4v) is 6.16. The molecule has 0 unspecified atom stereocenters. The Morgan fingerprint density at radius 1 is 0.851 bits per heavy atom. The second-order valence-electron chi connectivity index (χ2n) is 10.7. The van der Waals surface area contributed by atoms with Gasteiger partial charge in [-0.05, 0) is 28.8 Å². The van der Waals surface area contributed by atoms with Crippen LogP contribution in [0, 0.1) is 35.0 Å². The molecule has 0 saturated carbocycles. The third-order valence-electron chi connectivity index (χ3n) is 7.65. The molecule has 0 radical (unpaired) electrons. The zero-order chi connectivity index (χ0) is 33.8. The molecule has 5 rings (SSSR count). The van der Waals surface area contributed by atoms with E-state index in [0.29, 0.717) is 21.9 Å². The Kier molecular flexibility index (Phi) is 10.5. The number of carbonyl (C=O) groups excluding carboxylic acids is 1. The number of hydrogen-bond acceptors (Lipinski definition) is 7. The number of amides is 1. The number of halogens is 5. The van der Waals surface area contributed by atoms with Gasteiger partial charge in [0.25, 0.3) is 5.91 Å². The van der Waals surface area contributed by atoms with Gasteiger partial charge in [-0.3, -0.25) is 4.79 Å². The zero-order valence-electron chi connectivity index (χ0n) is 24.6. The van der Waals surface area contributed by atoms with Gasteiger partial charge >= 0.3 is 5.97 Å². The number of nitrogens with zero attached hydrogens (tertiary/aromatic N) is 1. The van der Waals surface area contributed by atoms with Gasteiger partial charge in [-0.15, -0.1) is 11.8 Å². The summed E-state index contributed by atoms with van der Waals surface area (Å²) in [5, 5.41) is 21.5. The average Bonchev–Trinajstić information content (AvgIpc) is 3.09. The molecule has 1 saturated heterocycles. The molecule has 4 aromatic rings. The Labute approximate surface area is 269 Å². The largest absolute Gasteiger partial charge is 0.478 e. The summed E-state index contributed by atoms with van der Waals surface area (Å²) >= 11 is 1.23. The van der Waals surface area contributed by atoms with Gasteiger partial charge in [0, 0.05) is 30.0 Å². The van der Waals surface area contributed by atoms with Gasteiger partial charge in [-0.2, -0.15) is 0 Å². The van der Waals surface area contributed by atoms with Gasteiger partial charge in [0.15, 0.2) is 29.6 Å². The van der Waals surface area contributed by atoms with Crippen molar-refractivity contribution in [3.05, 3.63) is 129 Å². The van der Waals surface area contributed by atoms with E-state index in [-0.39, 0.29) is 24.6 Å². The molecule has 1 aliphatic rings. The third-order valence-corrected chi connectivity index (χ3v) is 8.75. The van der Waals surface area contributed by atoms with E-state index in [1.807, 2.05) is 19.1 Å². The second kappa shape index (κ2) is 14.6. The predicted octanol–water partition coefficient (Wildman–Crippen LogP) is 6.48. The first kappa shape index (κ1) is 34.0. The molecular weight excluding hydrogens is 647 g/mol. The highest BCUT2D eigenvalue weighted by Crippen LogP contribution is 2.43. The molecule has 246 valence electrons. The van der Waals surface area contributed by atoms with Crippen LogP contribution in [0.1, 0.15) is 62.3 Å². The van der Waals surface area contributed by atoms with Crippen LogP contribution in [0.25, 0.3) is 0 Å². The van der Waals surface area contributed by atoms with Gasteiger partial charge in [0.05, 0.1) is 24.4 Å². The first-order valence-corrected chi connectivity index (χ1v) is 15.2. The van der Waals surface area contributed by atoms with Crippen LogP contribution in [-0.4, -0.2) is 38.9 Å². The molecule has 1 aromatic heterocycles. The Balaban J connectivity index is 1.33. The Morgan fingerprint density at radius 2 is 1.45 bits per heavy atom. The van der Waals surface area contributed by atoms with Gasteiger partial charge in [-0.1, -0.05) is 55.5 Å². The maximum Gasteiger partial charge on any atom is 0.338 e. The van der Waals surface area contributed by atoms with Crippen molar-refractivity contribution < 1.29 is 51.2 Å². The number of aromatic nitrogens is 1. The fraction of sp³-hybridized carbons (Fsp3) is 0.242. The van der Waals surface area contributed by atoms with E-state index < -0.39 is 65.0 Å². The fourth-order valence-electron chi connectivity index (χ4n) is 5.01. The van der Waals surface area contributed by atoms with Crippen LogP contribution in [0.15, 0.2) is 71.9 Å². The number of hydrogen-bond donors (Lipinski definition) is 3. The normalized spacial score (nSPS) is 19.4. The number of nitrogens with one attached hydrogen (secondary N) is 1.